The number of anilines is 1. The largest absolute Gasteiger partial charge is 0.479 e. The van der Waals surface area contributed by atoms with Gasteiger partial charge in [0.1, 0.15) is 0 Å². The summed E-state index contributed by atoms with van der Waals surface area (Å²) < 4.78 is 0. The topological polar surface area (TPSA) is 98.7 Å². The number of benzene rings is 1. The van der Waals surface area contributed by atoms with Crippen LogP contribution in [0.1, 0.15) is 22.3 Å². The molecule has 1 aromatic carbocycles. The SMILES string of the molecule is O=C(NCCC(O)C(=O)O)c1ccc2c(c1)CCN2. The number of aliphatic carboxylic acids is 1. The molecule has 0 radical (unpaired) electrons. The summed E-state index contributed by atoms with van der Waals surface area (Å²) in [5.41, 5.74) is 2.71. The zero-order valence-electron chi connectivity index (χ0n) is 10.3. The Bertz CT molecular complexity index is 501. The van der Waals surface area contributed by atoms with Gasteiger partial charge in [-0.15, -0.1) is 0 Å². The average molecular weight is 264 g/mol. The number of nitrogens with one attached hydrogen (secondary N) is 2. The minimum atomic E-state index is -1.44. The van der Waals surface area contributed by atoms with Crippen LogP contribution in [0.3, 0.4) is 0 Å². The van der Waals surface area contributed by atoms with Gasteiger partial charge >= 0.3 is 5.97 Å². The van der Waals surface area contributed by atoms with Crippen molar-refractivity contribution >= 4 is 17.6 Å². The lowest BCUT2D eigenvalue weighted by molar-refractivity contribution is -0.146. The number of carboxylic acid groups (broad SMARTS) is 1. The van der Waals surface area contributed by atoms with Crippen molar-refractivity contribution < 1.29 is 19.8 Å². The molecule has 19 heavy (non-hydrogen) atoms. The summed E-state index contributed by atoms with van der Waals surface area (Å²) >= 11 is 0. The highest BCUT2D eigenvalue weighted by Gasteiger charge is 2.15. The Kier molecular flexibility index (Phi) is 4.01. The van der Waals surface area contributed by atoms with Crippen LogP contribution >= 0.6 is 0 Å². The average Bonchev–Trinajstić information content (AvgIpc) is 2.85. The van der Waals surface area contributed by atoms with Crippen molar-refractivity contribution in [2.24, 2.45) is 0 Å². The molecule has 2 rings (SSSR count). The smallest absolute Gasteiger partial charge is 0.332 e. The molecule has 0 aromatic heterocycles. The standard InChI is InChI=1S/C13H16N2O4/c16-11(13(18)19)4-6-15-12(17)9-1-2-10-8(7-9)3-5-14-10/h1-2,7,11,14,16H,3-6H2,(H,15,17)(H,18,19). The number of hydrogen-bond acceptors (Lipinski definition) is 4. The van der Waals surface area contributed by atoms with Crippen molar-refractivity contribution in [2.45, 2.75) is 18.9 Å². The second-order valence-electron chi connectivity index (χ2n) is 4.45. The van der Waals surface area contributed by atoms with Gasteiger partial charge < -0.3 is 20.8 Å². The molecule has 0 spiro atoms. The number of carboxylic acids is 1. The van der Waals surface area contributed by atoms with Crippen LogP contribution in [0.25, 0.3) is 0 Å². The molecule has 6 nitrogen and oxygen atoms in total. The molecule has 0 saturated heterocycles. The molecule has 6 heteroatoms. The summed E-state index contributed by atoms with van der Waals surface area (Å²) in [5, 5.41) is 23.4. The molecule has 0 fully saturated rings. The monoisotopic (exact) mass is 264 g/mol. The summed E-state index contributed by atoms with van der Waals surface area (Å²) in [7, 11) is 0. The molecule has 1 aromatic rings. The zero-order chi connectivity index (χ0) is 13.8. The van der Waals surface area contributed by atoms with Crippen LogP contribution in [0.15, 0.2) is 18.2 Å². The molecule has 1 atom stereocenters. The fourth-order valence-corrected chi connectivity index (χ4v) is 1.99. The van der Waals surface area contributed by atoms with Gasteiger partial charge in [0.15, 0.2) is 6.10 Å². The number of amides is 1. The maximum absolute atomic E-state index is 11.8. The van der Waals surface area contributed by atoms with Gasteiger partial charge in [-0.1, -0.05) is 0 Å². The van der Waals surface area contributed by atoms with E-state index in [4.69, 9.17) is 10.2 Å². The van der Waals surface area contributed by atoms with E-state index in [2.05, 4.69) is 10.6 Å². The Balaban J connectivity index is 1.88. The Labute approximate surface area is 110 Å². The third-order valence-electron chi connectivity index (χ3n) is 3.07. The highest BCUT2D eigenvalue weighted by Crippen LogP contribution is 2.22. The quantitative estimate of drug-likeness (QED) is 0.610. The van der Waals surface area contributed by atoms with E-state index in [1.165, 1.54) is 0 Å². The Morgan fingerprint density at radius 3 is 2.95 bits per heavy atom. The first kappa shape index (κ1) is 13.4. The number of rotatable bonds is 5. The van der Waals surface area contributed by atoms with E-state index < -0.39 is 12.1 Å². The van der Waals surface area contributed by atoms with Crippen LogP contribution in [-0.2, 0) is 11.2 Å². The number of carbonyl (C=O) groups is 2. The number of aliphatic hydroxyl groups is 1. The van der Waals surface area contributed by atoms with Crippen LogP contribution in [-0.4, -0.2) is 41.3 Å². The van der Waals surface area contributed by atoms with E-state index in [0.29, 0.717) is 5.56 Å². The Morgan fingerprint density at radius 2 is 2.21 bits per heavy atom. The maximum Gasteiger partial charge on any atom is 0.332 e. The molecule has 1 unspecified atom stereocenters. The lowest BCUT2D eigenvalue weighted by Crippen LogP contribution is -2.30. The molecule has 0 aliphatic carbocycles. The lowest BCUT2D eigenvalue weighted by Gasteiger charge is -2.08. The summed E-state index contributed by atoms with van der Waals surface area (Å²) in [6.07, 6.45) is -0.550. The van der Waals surface area contributed by atoms with Crippen molar-refractivity contribution in [3.05, 3.63) is 29.3 Å². The normalized spacial score (nSPS) is 14.4. The van der Waals surface area contributed by atoms with Crippen molar-refractivity contribution in [3.8, 4) is 0 Å². The van der Waals surface area contributed by atoms with Gasteiger partial charge in [-0.25, -0.2) is 4.79 Å². The highest BCUT2D eigenvalue weighted by atomic mass is 16.4. The van der Waals surface area contributed by atoms with Gasteiger partial charge in [0.2, 0.25) is 0 Å². The summed E-state index contributed by atoms with van der Waals surface area (Å²) in [6, 6.07) is 5.42. The molecule has 4 N–H and O–H groups in total. The number of aliphatic hydroxyl groups excluding tert-OH is 1. The third kappa shape index (κ3) is 3.23. The first-order chi connectivity index (χ1) is 9.08. The van der Waals surface area contributed by atoms with Crippen molar-refractivity contribution in [2.75, 3.05) is 18.4 Å². The number of hydrogen-bond donors (Lipinski definition) is 4. The first-order valence-corrected chi connectivity index (χ1v) is 6.14. The zero-order valence-corrected chi connectivity index (χ0v) is 10.3. The van der Waals surface area contributed by atoms with Crippen molar-refractivity contribution in [3.63, 3.8) is 0 Å². The first-order valence-electron chi connectivity index (χ1n) is 6.14. The second kappa shape index (κ2) is 5.71. The molecular weight excluding hydrogens is 248 g/mol. The van der Waals surface area contributed by atoms with E-state index in [9.17, 15) is 9.59 Å². The van der Waals surface area contributed by atoms with E-state index in [0.717, 1.165) is 24.2 Å². The van der Waals surface area contributed by atoms with E-state index in [1.54, 1.807) is 6.07 Å². The van der Waals surface area contributed by atoms with Gasteiger partial charge in [-0.2, -0.15) is 0 Å². The minimum absolute atomic E-state index is 0.00638. The van der Waals surface area contributed by atoms with Crippen LogP contribution in [0.4, 0.5) is 5.69 Å². The predicted molar refractivity (Wildman–Crippen MR) is 69.2 cm³/mol. The van der Waals surface area contributed by atoms with Gasteiger partial charge in [0, 0.05) is 30.8 Å². The van der Waals surface area contributed by atoms with E-state index >= 15 is 0 Å². The Morgan fingerprint density at radius 1 is 1.42 bits per heavy atom. The van der Waals surface area contributed by atoms with Gasteiger partial charge in [-0.3, -0.25) is 4.79 Å². The molecule has 1 aliphatic heterocycles. The van der Waals surface area contributed by atoms with Crippen molar-refractivity contribution in [1.29, 1.82) is 0 Å². The van der Waals surface area contributed by atoms with Gasteiger partial charge in [-0.05, 0) is 30.2 Å². The van der Waals surface area contributed by atoms with E-state index in [1.807, 2.05) is 12.1 Å². The highest BCUT2D eigenvalue weighted by molar-refractivity contribution is 5.95. The molecule has 102 valence electrons. The maximum atomic E-state index is 11.8. The van der Waals surface area contributed by atoms with E-state index in [-0.39, 0.29) is 18.9 Å². The number of carbonyl (C=O) groups excluding carboxylic acids is 1. The van der Waals surface area contributed by atoms with Crippen LogP contribution < -0.4 is 10.6 Å². The van der Waals surface area contributed by atoms with Crippen LogP contribution in [0.5, 0.6) is 0 Å². The lowest BCUT2D eigenvalue weighted by atomic mass is 10.1. The fraction of sp³-hybridized carbons (Fsp3) is 0.385. The molecule has 0 saturated carbocycles. The summed E-state index contributed by atoms with van der Waals surface area (Å²) in [6.45, 7) is 1.01. The third-order valence-corrected chi connectivity index (χ3v) is 3.07. The molecule has 1 heterocycles. The predicted octanol–water partition coefficient (Wildman–Crippen LogP) is 0.220. The fourth-order valence-electron chi connectivity index (χ4n) is 1.99. The minimum Gasteiger partial charge on any atom is -0.479 e. The van der Waals surface area contributed by atoms with Crippen LogP contribution in [0, 0.1) is 0 Å². The molecular formula is C13H16N2O4. The number of fused-ring (bicyclic) bond motifs is 1. The molecule has 0 bridgehead atoms. The van der Waals surface area contributed by atoms with Gasteiger partial charge in [0.25, 0.3) is 5.91 Å². The van der Waals surface area contributed by atoms with Gasteiger partial charge in [0.05, 0.1) is 0 Å². The van der Waals surface area contributed by atoms with Crippen LogP contribution in [0.2, 0.25) is 0 Å². The molecule has 1 aliphatic rings. The summed E-state index contributed by atoms with van der Waals surface area (Å²) in [4.78, 5) is 22.2. The molecule has 1 amide bonds. The Hall–Kier alpha value is -2.08. The second-order valence-corrected chi connectivity index (χ2v) is 4.45. The summed E-state index contributed by atoms with van der Waals surface area (Å²) in [5.74, 6) is -1.54. The van der Waals surface area contributed by atoms with Crippen molar-refractivity contribution in [1.82, 2.24) is 5.32 Å².